The topological polar surface area (TPSA) is 43.4 Å². The van der Waals surface area contributed by atoms with Crippen molar-refractivity contribution >= 4 is 16.8 Å². The van der Waals surface area contributed by atoms with Crippen LogP contribution in [-0.4, -0.2) is 23.0 Å². The first-order valence-corrected chi connectivity index (χ1v) is 7.18. The Kier molecular flexibility index (Phi) is 5.91. The summed E-state index contributed by atoms with van der Waals surface area (Å²) in [5, 5.41) is 0. The van der Waals surface area contributed by atoms with Crippen LogP contribution in [0, 0.1) is 0 Å². The van der Waals surface area contributed by atoms with Gasteiger partial charge in [0, 0.05) is 22.3 Å². The highest BCUT2D eigenvalue weighted by Gasteiger charge is 2.06. The second kappa shape index (κ2) is 7.22. The van der Waals surface area contributed by atoms with E-state index in [1.54, 1.807) is 12.1 Å². The van der Waals surface area contributed by atoms with E-state index in [-0.39, 0.29) is 5.97 Å². The SMILES string of the molecule is CCCCS(=O)Cc1ccc(C(=O)OC)cc1. The highest BCUT2D eigenvalue weighted by atomic mass is 32.2. The van der Waals surface area contributed by atoms with Gasteiger partial charge in [0.25, 0.3) is 0 Å². The van der Waals surface area contributed by atoms with Crippen LogP contribution < -0.4 is 0 Å². The quantitative estimate of drug-likeness (QED) is 0.733. The summed E-state index contributed by atoms with van der Waals surface area (Å²) >= 11 is 0. The van der Waals surface area contributed by atoms with E-state index in [1.165, 1.54) is 7.11 Å². The molecule has 0 saturated heterocycles. The van der Waals surface area contributed by atoms with Gasteiger partial charge in [0.2, 0.25) is 0 Å². The first kappa shape index (κ1) is 13.9. The lowest BCUT2D eigenvalue weighted by Crippen LogP contribution is -2.03. The summed E-state index contributed by atoms with van der Waals surface area (Å²) in [6.45, 7) is 2.09. The molecule has 3 nitrogen and oxygen atoms in total. The van der Waals surface area contributed by atoms with Crippen LogP contribution in [-0.2, 0) is 21.3 Å². The van der Waals surface area contributed by atoms with E-state index in [9.17, 15) is 9.00 Å². The van der Waals surface area contributed by atoms with Gasteiger partial charge in [-0.25, -0.2) is 4.79 Å². The number of carbonyl (C=O) groups is 1. The molecular formula is C13H18O3S. The van der Waals surface area contributed by atoms with E-state index in [0.717, 1.165) is 24.2 Å². The molecule has 4 heteroatoms. The summed E-state index contributed by atoms with van der Waals surface area (Å²) in [7, 11) is 0.551. The van der Waals surface area contributed by atoms with Gasteiger partial charge in [0.15, 0.2) is 0 Å². The molecule has 0 aliphatic heterocycles. The Morgan fingerprint density at radius 2 is 1.94 bits per heavy atom. The molecule has 1 aromatic carbocycles. The molecule has 0 aliphatic carbocycles. The molecule has 0 heterocycles. The molecule has 0 bridgehead atoms. The minimum absolute atomic E-state index is 0.344. The predicted molar refractivity (Wildman–Crippen MR) is 69.4 cm³/mol. The van der Waals surface area contributed by atoms with Crippen molar-refractivity contribution in [1.29, 1.82) is 0 Å². The first-order chi connectivity index (χ1) is 8.17. The van der Waals surface area contributed by atoms with Crippen molar-refractivity contribution in [1.82, 2.24) is 0 Å². The lowest BCUT2D eigenvalue weighted by atomic mass is 10.1. The zero-order valence-electron chi connectivity index (χ0n) is 10.3. The van der Waals surface area contributed by atoms with Gasteiger partial charge in [-0.2, -0.15) is 0 Å². The number of ether oxygens (including phenoxy) is 1. The summed E-state index contributed by atoms with van der Waals surface area (Å²) in [5.74, 6) is 0.958. The normalized spacial score (nSPS) is 12.1. The van der Waals surface area contributed by atoms with Crippen molar-refractivity contribution in [2.45, 2.75) is 25.5 Å². The zero-order chi connectivity index (χ0) is 12.7. The third-order valence-electron chi connectivity index (χ3n) is 2.43. The smallest absolute Gasteiger partial charge is 0.337 e. The molecule has 0 N–H and O–H groups in total. The van der Waals surface area contributed by atoms with Gasteiger partial charge in [-0.1, -0.05) is 25.5 Å². The van der Waals surface area contributed by atoms with Crippen LogP contribution in [0.15, 0.2) is 24.3 Å². The maximum atomic E-state index is 11.7. The molecule has 0 fully saturated rings. The Bertz CT molecular complexity index is 384. The third-order valence-corrected chi connectivity index (χ3v) is 3.83. The monoisotopic (exact) mass is 254 g/mol. The molecular weight excluding hydrogens is 236 g/mol. The number of benzene rings is 1. The number of hydrogen-bond acceptors (Lipinski definition) is 3. The molecule has 0 radical (unpaired) electrons. The summed E-state index contributed by atoms with van der Waals surface area (Å²) in [5.41, 5.74) is 1.52. The van der Waals surface area contributed by atoms with Crippen LogP contribution in [0.2, 0.25) is 0 Å². The average Bonchev–Trinajstić information content (AvgIpc) is 2.36. The Balaban J connectivity index is 2.56. The van der Waals surface area contributed by atoms with Crippen molar-refractivity contribution in [2.75, 3.05) is 12.9 Å². The fraction of sp³-hybridized carbons (Fsp3) is 0.462. The Morgan fingerprint density at radius 3 is 2.47 bits per heavy atom. The summed E-state index contributed by atoms with van der Waals surface area (Å²) < 4.78 is 16.3. The second-order valence-corrected chi connectivity index (χ2v) is 5.41. The number of esters is 1. The van der Waals surface area contributed by atoms with Gasteiger partial charge in [-0.15, -0.1) is 0 Å². The van der Waals surface area contributed by atoms with Crippen LogP contribution in [0.4, 0.5) is 0 Å². The Labute approximate surface area is 105 Å². The fourth-order valence-corrected chi connectivity index (χ4v) is 2.74. The lowest BCUT2D eigenvalue weighted by Gasteiger charge is -2.03. The second-order valence-electron chi connectivity index (χ2n) is 3.83. The van der Waals surface area contributed by atoms with Crippen molar-refractivity contribution in [2.24, 2.45) is 0 Å². The average molecular weight is 254 g/mol. The van der Waals surface area contributed by atoms with Crippen LogP contribution in [0.1, 0.15) is 35.7 Å². The van der Waals surface area contributed by atoms with E-state index in [2.05, 4.69) is 11.7 Å². The van der Waals surface area contributed by atoms with E-state index in [0.29, 0.717) is 11.3 Å². The minimum Gasteiger partial charge on any atom is -0.465 e. The van der Waals surface area contributed by atoms with E-state index >= 15 is 0 Å². The fourth-order valence-electron chi connectivity index (χ4n) is 1.42. The Morgan fingerprint density at radius 1 is 1.29 bits per heavy atom. The molecule has 0 aromatic heterocycles. The first-order valence-electron chi connectivity index (χ1n) is 5.69. The van der Waals surface area contributed by atoms with E-state index in [4.69, 9.17) is 0 Å². The standard InChI is InChI=1S/C13H18O3S/c1-3-4-9-17(15)10-11-5-7-12(8-6-11)13(14)16-2/h5-8H,3-4,9-10H2,1-2H3. The maximum Gasteiger partial charge on any atom is 0.337 e. The van der Waals surface area contributed by atoms with Gasteiger partial charge >= 0.3 is 5.97 Å². The van der Waals surface area contributed by atoms with Gasteiger partial charge < -0.3 is 4.74 Å². The van der Waals surface area contributed by atoms with E-state index < -0.39 is 10.8 Å². The molecule has 1 rings (SSSR count). The number of rotatable bonds is 6. The maximum absolute atomic E-state index is 11.7. The largest absolute Gasteiger partial charge is 0.465 e. The third kappa shape index (κ3) is 4.69. The van der Waals surface area contributed by atoms with E-state index in [1.807, 2.05) is 12.1 Å². The van der Waals surface area contributed by atoms with Gasteiger partial charge in [0.05, 0.1) is 12.7 Å². The van der Waals surface area contributed by atoms with Crippen molar-refractivity contribution in [3.05, 3.63) is 35.4 Å². The molecule has 1 unspecified atom stereocenters. The molecule has 0 amide bonds. The van der Waals surface area contributed by atoms with Crippen molar-refractivity contribution in [3.8, 4) is 0 Å². The van der Waals surface area contributed by atoms with Crippen LogP contribution in [0.25, 0.3) is 0 Å². The highest BCUT2D eigenvalue weighted by molar-refractivity contribution is 7.84. The van der Waals surface area contributed by atoms with Crippen LogP contribution >= 0.6 is 0 Å². The number of hydrogen-bond donors (Lipinski definition) is 0. The summed E-state index contributed by atoms with van der Waals surface area (Å²) in [4.78, 5) is 11.2. The Hall–Kier alpha value is -1.16. The molecule has 17 heavy (non-hydrogen) atoms. The summed E-state index contributed by atoms with van der Waals surface area (Å²) in [6.07, 6.45) is 2.06. The lowest BCUT2D eigenvalue weighted by molar-refractivity contribution is 0.0600. The van der Waals surface area contributed by atoms with Crippen molar-refractivity contribution in [3.63, 3.8) is 0 Å². The number of carbonyl (C=O) groups excluding carboxylic acids is 1. The number of methoxy groups -OCH3 is 1. The van der Waals surface area contributed by atoms with Gasteiger partial charge in [-0.05, 0) is 24.1 Å². The molecule has 1 atom stereocenters. The molecule has 0 spiro atoms. The van der Waals surface area contributed by atoms with Crippen molar-refractivity contribution < 1.29 is 13.7 Å². The van der Waals surface area contributed by atoms with Gasteiger partial charge in [-0.3, -0.25) is 4.21 Å². The minimum atomic E-state index is -0.806. The molecule has 1 aromatic rings. The zero-order valence-corrected chi connectivity index (χ0v) is 11.1. The molecule has 94 valence electrons. The predicted octanol–water partition coefficient (Wildman–Crippen LogP) is 2.52. The highest BCUT2D eigenvalue weighted by Crippen LogP contribution is 2.08. The van der Waals surface area contributed by atoms with Gasteiger partial charge in [0.1, 0.15) is 0 Å². The summed E-state index contributed by atoms with van der Waals surface area (Å²) in [6, 6.07) is 7.07. The van der Waals surface area contributed by atoms with Crippen LogP contribution in [0.5, 0.6) is 0 Å². The number of unbranched alkanes of at least 4 members (excludes halogenated alkanes) is 1. The molecule has 0 aliphatic rings. The van der Waals surface area contributed by atoms with Crippen LogP contribution in [0.3, 0.4) is 0 Å². The molecule has 0 saturated carbocycles.